The Hall–Kier alpha value is -0.500. The first-order valence-electron chi connectivity index (χ1n) is 7.12. The molecular formula is C16H21BrF3NOS. The molecule has 2 atom stereocenters. The number of halogens is 4. The molecule has 0 spiro atoms. The van der Waals surface area contributed by atoms with Crippen molar-refractivity contribution >= 4 is 27.3 Å². The molecule has 1 aromatic rings. The van der Waals surface area contributed by atoms with Crippen molar-refractivity contribution < 1.29 is 17.7 Å². The van der Waals surface area contributed by atoms with E-state index in [9.17, 15) is 17.7 Å². The molecule has 0 bridgehead atoms. The maximum atomic E-state index is 13.0. The first-order valence-corrected chi connectivity index (χ1v) is 9.06. The van der Waals surface area contributed by atoms with Crippen LogP contribution in [0.2, 0.25) is 0 Å². The largest absolute Gasteiger partial charge is 0.598 e. The molecule has 0 saturated carbocycles. The van der Waals surface area contributed by atoms with Crippen LogP contribution in [0.5, 0.6) is 0 Å². The summed E-state index contributed by atoms with van der Waals surface area (Å²) in [5.41, 5.74) is -0.276. The van der Waals surface area contributed by atoms with Crippen molar-refractivity contribution in [1.82, 2.24) is 4.72 Å². The summed E-state index contributed by atoms with van der Waals surface area (Å²) in [5.74, 6) is 0. The summed E-state index contributed by atoms with van der Waals surface area (Å²) in [6.45, 7) is 9.06. The van der Waals surface area contributed by atoms with Gasteiger partial charge in [-0.1, -0.05) is 22.0 Å². The lowest BCUT2D eigenvalue weighted by Crippen LogP contribution is -2.41. The number of alkyl halides is 3. The van der Waals surface area contributed by atoms with Crippen molar-refractivity contribution in [2.45, 2.75) is 50.6 Å². The highest BCUT2D eigenvalue weighted by Gasteiger charge is 2.34. The second-order valence-corrected chi connectivity index (χ2v) is 9.00. The SMILES string of the molecule is C=CCC[C@H](N[S+]([O-])C(C)(C)C)c1cc(C(F)(F)F)ccc1Br. The van der Waals surface area contributed by atoms with Crippen LogP contribution in [0.15, 0.2) is 35.3 Å². The van der Waals surface area contributed by atoms with Crippen molar-refractivity contribution in [2.75, 3.05) is 0 Å². The second-order valence-electron chi connectivity index (χ2n) is 6.15. The molecule has 1 unspecified atom stereocenters. The Morgan fingerprint density at radius 3 is 2.43 bits per heavy atom. The van der Waals surface area contributed by atoms with Crippen LogP contribution in [0.3, 0.4) is 0 Å². The van der Waals surface area contributed by atoms with E-state index >= 15 is 0 Å². The zero-order chi connectivity index (χ0) is 17.8. The quantitative estimate of drug-likeness (QED) is 0.493. The molecule has 0 radical (unpaired) electrons. The van der Waals surface area contributed by atoms with E-state index in [1.165, 1.54) is 6.07 Å². The highest BCUT2D eigenvalue weighted by molar-refractivity contribution is 9.10. The fourth-order valence-electron chi connectivity index (χ4n) is 1.86. The molecule has 1 aromatic carbocycles. The third-order valence-corrected chi connectivity index (χ3v) is 5.50. The van der Waals surface area contributed by atoms with Gasteiger partial charge in [-0.3, -0.25) is 0 Å². The minimum absolute atomic E-state index is 0.444. The average Bonchev–Trinajstić information content (AvgIpc) is 2.41. The molecule has 0 aliphatic heterocycles. The summed E-state index contributed by atoms with van der Waals surface area (Å²) >= 11 is 1.90. The molecule has 0 aliphatic rings. The van der Waals surface area contributed by atoms with Gasteiger partial charge in [-0.2, -0.15) is 13.2 Å². The molecule has 1 rings (SSSR count). The van der Waals surface area contributed by atoms with Gasteiger partial charge in [0.25, 0.3) is 0 Å². The fraction of sp³-hybridized carbons (Fsp3) is 0.500. The third-order valence-electron chi connectivity index (χ3n) is 3.16. The van der Waals surface area contributed by atoms with Gasteiger partial charge in [0.05, 0.1) is 11.6 Å². The van der Waals surface area contributed by atoms with E-state index in [1.54, 1.807) is 6.08 Å². The van der Waals surface area contributed by atoms with Gasteiger partial charge in [-0.25, -0.2) is 0 Å². The summed E-state index contributed by atoms with van der Waals surface area (Å²) in [6, 6.07) is 3.04. The van der Waals surface area contributed by atoms with Gasteiger partial charge in [-0.05, 0) is 57.4 Å². The van der Waals surface area contributed by atoms with Crippen LogP contribution in [-0.4, -0.2) is 9.30 Å². The van der Waals surface area contributed by atoms with Crippen molar-refractivity contribution in [3.63, 3.8) is 0 Å². The van der Waals surface area contributed by atoms with Gasteiger partial charge in [0.15, 0.2) is 0 Å². The molecular weight excluding hydrogens is 391 g/mol. The summed E-state index contributed by atoms with van der Waals surface area (Å²) in [7, 11) is 0. The number of nitrogens with one attached hydrogen (secondary N) is 1. The molecule has 2 nitrogen and oxygen atoms in total. The van der Waals surface area contributed by atoms with Crippen molar-refractivity contribution in [3.8, 4) is 0 Å². The molecule has 0 saturated heterocycles. The van der Waals surface area contributed by atoms with Gasteiger partial charge in [0.2, 0.25) is 0 Å². The van der Waals surface area contributed by atoms with Crippen LogP contribution in [0.1, 0.15) is 50.8 Å². The number of benzene rings is 1. The van der Waals surface area contributed by atoms with Gasteiger partial charge < -0.3 is 4.55 Å². The zero-order valence-corrected chi connectivity index (χ0v) is 15.7. The maximum Gasteiger partial charge on any atom is 0.416 e. The van der Waals surface area contributed by atoms with Crippen LogP contribution in [0.4, 0.5) is 13.2 Å². The summed E-state index contributed by atoms with van der Waals surface area (Å²) < 4.78 is 54.2. The molecule has 0 aliphatic carbocycles. The number of hydrogen-bond donors (Lipinski definition) is 1. The van der Waals surface area contributed by atoms with Gasteiger partial charge in [0, 0.05) is 15.8 Å². The van der Waals surface area contributed by atoms with Crippen molar-refractivity contribution in [3.05, 3.63) is 46.5 Å². The minimum atomic E-state index is -4.42. The van der Waals surface area contributed by atoms with Crippen molar-refractivity contribution in [2.24, 2.45) is 0 Å². The van der Waals surface area contributed by atoms with Crippen LogP contribution in [-0.2, 0) is 17.5 Å². The Labute approximate surface area is 147 Å². The summed E-state index contributed by atoms with van der Waals surface area (Å²) in [5, 5.41) is 0. The Bertz CT molecular complexity index is 543. The maximum absolute atomic E-state index is 13.0. The molecule has 130 valence electrons. The Kier molecular flexibility index (Phi) is 7.19. The van der Waals surface area contributed by atoms with Gasteiger partial charge >= 0.3 is 6.18 Å². The molecule has 0 aromatic heterocycles. The monoisotopic (exact) mass is 411 g/mol. The highest BCUT2D eigenvalue weighted by atomic mass is 79.9. The first-order chi connectivity index (χ1) is 10.5. The number of allylic oxidation sites excluding steroid dienone is 1. The normalized spacial score (nSPS) is 15.3. The topological polar surface area (TPSA) is 35.1 Å². The third kappa shape index (κ3) is 6.14. The lowest BCUT2D eigenvalue weighted by molar-refractivity contribution is -0.137. The fourth-order valence-corrected chi connectivity index (χ4v) is 3.24. The molecule has 7 heteroatoms. The van der Waals surface area contributed by atoms with E-state index in [-0.39, 0.29) is 0 Å². The molecule has 23 heavy (non-hydrogen) atoms. The van der Waals surface area contributed by atoms with Crippen LogP contribution >= 0.6 is 15.9 Å². The highest BCUT2D eigenvalue weighted by Crippen LogP contribution is 2.35. The van der Waals surface area contributed by atoms with E-state index in [2.05, 4.69) is 27.2 Å². The van der Waals surface area contributed by atoms with Gasteiger partial charge in [0.1, 0.15) is 4.75 Å². The predicted molar refractivity (Wildman–Crippen MR) is 92.3 cm³/mol. The molecule has 1 N–H and O–H groups in total. The molecule has 0 fully saturated rings. The summed E-state index contributed by atoms with van der Waals surface area (Å²) in [6.07, 6.45) is -1.62. The Morgan fingerprint density at radius 2 is 1.96 bits per heavy atom. The zero-order valence-electron chi connectivity index (χ0n) is 13.3. The number of rotatable bonds is 6. The van der Waals surface area contributed by atoms with E-state index < -0.39 is 33.9 Å². The second kappa shape index (κ2) is 8.05. The number of hydrogen-bond acceptors (Lipinski definition) is 2. The van der Waals surface area contributed by atoms with Crippen molar-refractivity contribution in [1.29, 1.82) is 0 Å². The lowest BCUT2D eigenvalue weighted by atomic mass is 10.0. The van der Waals surface area contributed by atoms with Crippen LogP contribution in [0.25, 0.3) is 0 Å². The standard InChI is InChI=1S/C16H21BrF3NOS/c1-5-6-7-14(21-23(22)15(2,3)4)12-10-11(16(18,19)20)8-9-13(12)17/h5,8-10,14,21H,1,6-7H2,2-4H3/t14-,23?/m0/s1. The minimum Gasteiger partial charge on any atom is -0.598 e. The first kappa shape index (κ1) is 20.5. The van der Waals surface area contributed by atoms with E-state index in [4.69, 9.17) is 0 Å². The van der Waals surface area contributed by atoms with E-state index in [0.717, 1.165) is 12.1 Å². The van der Waals surface area contributed by atoms with Crippen LogP contribution < -0.4 is 4.72 Å². The summed E-state index contributed by atoms with van der Waals surface area (Å²) in [4.78, 5) is 0. The Morgan fingerprint density at radius 1 is 1.35 bits per heavy atom. The van der Waals surface area contributed by atoms with Gasteiger partial charge in [-0.15, -0.1) is 11.3 Å². The Balaban J connectivity index is 3.18. The smallest absolute Gasteiger partial charge is 0.416 e. The van der Waals surface area contributed by atoms with Crippen LogP contribution in [0, 0.1) is 0 Å². The van der Waals surface area contributed by atoms with E-state index in [1.807, 2.05) is 20.8 Å². The average molecular weight is 412 g/mol. The lowest BCUT2D eigenvalue weighted by Gasteiger charge is -2.28. The van der Waals surface area contributed by atoms with E-state index in [0.29, 0.717) is 22.9 Å². The predicted octanol–water partition coefficient (Wildman–Crippen LogP) is 5.53. The molecule has 0 amide bonds. The molecule has 0 heterocycles.